The lowest BCUT2D eigenvalue weighted by molar-refractivity contribution is 0.665. The minimum absolute atomic E-state index is 0.512. The summed E-state index contributed by atoms with van der Waals surface area (Å²) in [5, 5.41) is 2.11. The molecule has 2 aromatic heterocycles. The van der Waals surface area contributed by atoms with Gasteiger partial charge >= 0.3 is 0 Å². The lowest BCUT2D eigenvalue weighted by Gasteiger charge is -2.33. The Kier molecular flexibility index (Phi) is 9.36. The third-order valence-corrected chi connectivity index (χ3v) is 13.7. The van der Waals surface area contributed by atoms with Crippen LogP contribution in [0.1, 0.15) is 22.3 Å². The van der Waals surface area contributed by atoms with Crippen LogP contribution < -0.4 is 0 Å². The van der Waals surface area contributed by atoms with E-state index >= 15 is 0 Å². The summed E-state index contributed by atoms with van der Waals surface area (Å²) in [5.41, 5.74) is 18.0. The third kappa shape index (κ3) is 6.49. The topological polar surface area (TPSA) is 51.8 Å². The van der Waals surface area contributed by atoms with Crippen molar-refractivity contribution in [2.75, 3.05) is 0 Å². The maximum Gasteiger partial charge on any atom is 0.164 e. The maximum atomic E-state index is 6.78. The molecule has 0 fully saturated rings. The Morgan fingerprint density at radius 2 is 0.706 bits per heavy atom. The van der Waals surface area contributed by atoms with Crippen molar-refractivity contribution in [3.8, 4) is 78.7 Å². The zero-order valence-corrected chi connectivity index (χ0v) is 36.9. The number of rotatable bonds is 8. The summed E-state index contributed by atoms with van der Waals surface area (Å²) in [6, 6.07) is 88.1. The van der Waals surface area contributed by atoms with Gasteiger partial charge in [0.25, 0.3) is 0 Å². The number of furan rings is 1. The lowest BCUT2D eigenvalue weighted by Crippen LogP contribution is -2.28. The molecule has 0 saturated heterocycles. The highest BCUT2D eigenvalue weighted by molar-refractivity contribution is 6.07. The highest BCUT2D eigenvalue weighted by Crippen LogP contribution is 2.56. The first-order valence-electron chi connectivity index (χ1n) is 23.1. The molecule has 0 saturated carbocycles. The molecule has 0 aliphatic heterocycles. The van der Waals surface area contributed by atoms with Crippen LogP contribution in [-0.4, -0.2) is 15.0 Å². The summed E-state index contributed by atoms with van der Waals surface area (Å²) in [6.07, 6.45) is 0. The van der Waals surface area contributed by atoms with Crippen LogP contribution in [-0.2, 0) is 5.41 Å². The Morgan fingerprint density at radius 3 is 1.28 bits per heavy atom. The van der Waals surface area contributed by atoms with E-state index in [4.69, 9.17) is 19.4 Å². The van der Waals surface area contributed by atoms with Gasteiger partial charge < -0.3 is 4.42 Å². The molecule has 2 heterocycles. The molecule has 0 atom stereocenters. The lowest BCUT2D eigenvalue weighted by atomic mass is 9.67. The zero-order chi connectivity index (χ0) is 45.0. The van der Waals surface area contributed by atoms with Gasteiger partial charge in [-0.1, -0.05) is 231 Å². The molecule has 13 rings (SSSR count). The molecule has 4 nitrogen and oxygen atoms in total. The molecule has 0 unspecified atom stereocenters. The van der Waals surface area contributed by atoms with Gasteiger partial charge in [0, 0.05) is 27.5 Å². The van der Waals surface area contributed by atoms with Crippen LogP contribution in [0, 0.1) is 0 Å². The average Bonchev–Trinajstić information content (AvgIpc) is 3.94. The molecule has 10 aromatic carbocycles. The molecular formula is C64H41N3O. The highest BCUT2D eigenvalue weighted by Gasteiger charge is 2.46. The van der Waals surface area contributed by atoms with Crippen molar-refractivity contribution < 1.29 is 4.42 Å². The van der Waals surface area contributed by atoms with Gasteiger partial charge in [-0.25, -0.2) is 15.0 Å². The van der Waals surface area contributed by atoms with Gasteiger partial charge in [-0.3, -0.25) is 0 Å². The van der Waals surface area contributed by atoms with E-state index in [1.807, 2.05) is 12.1 Å². The second kappa shape index (κ2) is 16.2. The number of hydrogen-bond acceptors (Lipinski definition) is 4. The van der Waals surface area contributed by atoms with E-state index in [0.717, 1.165) is 72.0 Å². The van der Waals surface area contributed by atoms with E-state index in [-0.39, 0.29) is 0 Å². The first kappa shape index (κ1) is 39.4. The minimum atomic E-state index is -0.512. The van der Waals surface area contributed by atoms with Crippen LogP contribution in [0.3, 0.4) is 0 Å². The van der Waals surface area contributed by atoms with Gasteiger partial charge in [0.05, 0.1) is 5.41 Å². The van der Waals surface area contributed by atoms with Crippen LogP contribution >= 0.6 is 0 Å². The average molecular weight is 868 g/mol. The van der Waals surface area contributed by atoms with E-state index in [0.29, 0.717) is 17.5 Å². The molecular weight excluding hydrogens is 827 g/mol. The van der Waals surface area contributed by atoms with Crippen molar-refractivity contribution in [1.82, 2.24) is 15.0 Å². The smallest absolute Gasteiger partial charge is 0.164 e. The van der Waals surface area contributed by atoms with E-state index in [1.54, 1.807) is 0 Å². The molecule has 0 radical (unpaired) electrons. The molecule has 1 aliphatic rings. The molecule has 1 aliphatic carbocycles. The molecule has 0 N–H and O–H groups in total. The van der Waals surface area contributed by atoms with Crippen LogP contribution in [0.25, 0.3) is 101 Å². The van der Waals surface area contributed by atoms with Gasteiger partial charge in [-0.05, 0) is 85.0 Å². The summed E-state index contributed by atoms with van der Waals surface area (Å²) < 4.78 is 6.78. The second-order valence-electron chi connectivity index (χ2n) is 17.5. The number of benzene rings is 10. The minimum Gasteiger partial charge on any atom is -0.456 e. The van der Waals surface area contributed by atoms with E-state index < -0.39 is 5.41 Å². The molecule has 0 bridgehead atoms. The Hall–Kier alpha value is -8.99. The molecule has 318 valence electrons. The third-order valence-electron chi connectivity index (χ3n) is 13.7. The van der Waals surface area contributed by atoms with E-state index in [9.17, 15) is 0 Å². The monoisotopic (exact) mass is 867 g/mol. The fourth-order valence-corrected chi connectivity index (χ4v) is 10.5. The molecule has 4 heteroatoms. The first-order chi connectivity index (χ1) is 33.7. The summed E-state index contributed by atoms with van der Waals surface area (Å²) in [7, 11) is 0. The Bertz CT molecular complexity index is 3680. The number of hydrogen-bond donors (Lipinski definition) is 0. The standard InChI is InChI=1S/C64H41N3O/c1-4-16-42(17-5-1)44-28-32-46(33-29-44)61-65-62(47-34-30-45(31-35-47)43-18-6-2-7-19-43)67-63(66-61)55-25-11-10-22-51(55)48-36-39-59-56(40-48)54-38-37-50(41-60(54)68-59)64(49-20-8-3-9-21-49)57-26-14-12-23-52(57)53-24-13-15-27-58(53)64/h1-41H. The van der Waals surface area contributed by atoms with Crippen molar-refractivity contribution in [2.45, 2.75) is 5.41 Å². The SMILES string of the molecule is c1ccc(-c2ccc(-c3nc(-c4ccc(-c5ccccc5)cc4)nc(-c4ccccc4-c4ccc5oc6cc(C7(c8ccccc8)c8ccccc8-c8ccccc87)ccc6c5c4)n3)cc2)cc1. The zero-order valence-electron chi connectivity index (χ0n) is 36.9. The highest BCUT2D eigenvalue weighted by atomic mass is 16.3. The van der Waals surface area contributed by atoms with E-state index in [2.05, 4.69) is 237 Å². The Labute approximate surface area is 394 Å². The maximum absolute atomic E-state index is 6.78. The number of nitrogens with zero attached hydrogens (tertiary/aromatic N) is 3. The van der Waals surface area contributed by atoms with Crippen LogP contribution in [0.15, 0.2) is 253 Å². The fourth-order valence-electron chi connectivity index (χ4n) is 10.5. The summed E-state index contributed by atoms with van der Waals surface area (Å²) in [6.45, 7) is 0. The predicted octanol–water partition coefficient (Wildman–Crippen LogP) is 16.1. The van der Waals surface area contributed by atoms with Gasteiger partial charge in [0.2, 0.25) is 0 Å². The van der Waals surface area contributed by atoms with Gasteiger partial charge in [0.1, 0.15) is 11.2 Å². The first-order valence-corrected chi connectivity index (χ1v) is 23.1. The molecule has 0 amide bonds. The molecule has 0 spiro atoms. The summed E-state index contributed by atoms with van der Waals surface area (Å²) >= 11 is 0. The van der Waals surface area contributed by atoms with Crippen molar-refractivity contribution >= 4 is 21.9 Å². The van der Waals surface area contributed by atoms with Gasteiger partial charge in [-0.15, -0.1) is 0 Å². The Morgan fingerprint density at radius 1 is 0.265 bits per heavy atom. The number of fused-ring (bicyclic) bond motifs is 6. The normalized spacial score (nSPS) is 12.5. The van der Waals surface area contributed by atoms with Crippen molar-refractivity contribution in [1.29, 1.82) is 0 Å². The summed E-state index contributed by atoms with van der Waals surface area (Å²) in [4.78, 5) is 15.6. The quantitative estimate of drug-likeness (QED) is 0.153. The second-order valence-corrected chi connectivity index (χ2v) is 17.5. The van der Waals surface area contributed by atoms with Crippen molar-refractivity contribution in [3.63, 3.8) is 0 Å². The predicted molar refractivity (Wildman–Crippen MR) is 277 cm³/mol. The van der Waals surface area contributed by atoms with E-state index in [1.165, 1.54) is 33.4 Å². The van der Waals surface area contributed by atoms with Crippen LogP contribution in [0.4, 0.5) is 0 Å². The number of aromatic nitrogens is 3. The van der Waals surface area contributed by atoms with Crippen LogP contribution in [0.5, 0.6) is 0 Å². The Balaban J connectivity index is 0.929. The van der Waals surface area contributed by atoms with Gasteiger partial charge in [-0.2, -0.15) is 0 Å². The van der Waals surface area contributed by atoms with Crippen molar-refractivity contribution in [3.05, 3.63) is 271 Å². The summed E-state index contributed by atoms with van der Waals surface area (Å²) in [5.74, 6) is 1.82. The molecule has 68 heavy (non-hydrogen) atoms. The molecule has 12 aromatic rings. The van der Waals surface area contributed by atoms with Crippen LogP contribution in [0.2, 0.25) is 0 Å². The fraction of sp³-hybridized carbons (Fsp3) is 0.0156. The van der Waals surface area contributed by atoms with Gasteiger partial charge in [0.15, 0.2) is 17.5 Å². The van der Waals surface area contributed by atoms with Crippen molar-refractivity contribution in [2.24, 2.45) is 0 Å². The largest absolute Gasteiger partial charge is 0.456 e.